The number of rotatable bonds is 4. The summed E-state index contributed by atoms with van der Waals surface area (Å²) < 4.78 is 7.81. The molecule has 4 rings (SSSR count). The van der Waals surface area contributed by atoms with Gasteiger partial charge in [-0.05, 0) is 18.7 Å². The second-order valence-electron chi connectivity index (χ2n) is 6.61. The van der Waals surface area contributed by atoms with Crippen LogP contribution in [0.15, 0.2) is 42.7 Å². The molecule has 1 amide bonds. The molecule has 24 heavy (non-hydrogen) atoms. The molecule has 3 heterocycles. The molecule has 1 aromatic heterocycles. The first-order chi connectivity index (χ1) is 11.7. The highest BCUT2D eigenvalue weighted by Gasteiger charge is 2.45. The zero-order valence-electron chi connectivity index (χ0n) is 13.6. The lowest BCUT2D eigenvalue weighted by Gasteiger charge is -2.31. The summed E-state index contributed by atoms with van der Waals surface area (Å²) in [6.07, 6.45) is 5.30. The Kier molecular flexibility index (Phi) is 3.98. The fourth-order valence-corrected chi connectivity index (χ4v) is 3.54. The van der Waals surface area contributed by atoms with Gasteiger partial charge < -0.3 is 14.6 Å². The third kappa shape index (κ3) is 3.01. The molecule has 126 valence electrons. The van der Waals surface area contributed by atoms with E-state index in [0.717, 1.165) is 38.3 Å². The van der Waals surface area contributed by atoms with Gasteiger partial charge in [-0.3, -0.25) is 4.90 Å². The summed E-state index contributed by atoms with van der Waals surface area (Å²) in [5, 5.41) is 3.32. The Morgan fingerprint density at radius 1 is 1.17 bits per heavy atom. The van der Waals surface area contributed by atoms with Crippen LogP contribution in [0.5, 0.6) is 0 Å². The van der Waals surface area contributed by atoms with E-state index < -0.39 is 0 Å². The molecule has 1 spiro atoms. The number of nitrogens with zero attached hydrogens (tertiary/aromatic N) is 3. The van der Waals surface area contributed by atoms with Gasteiger partial charge in [0.25, 0.3) is 0 Å². The number of piperidine rings is 1. The number of carbonyl (C=O) groups is 1. The number of hydrogen-bond acceptors (Lipinski definition) is 4. The largest absolute Gasteiger partial charge is 0.441 e. The van der Waals surface area contributed by atoms with Gasteiger partial charge in [-0.25, -0.2) is 9.78 Å². The van der Waals surface area contributed by atoms with Gasteiger partial charge in [0.1, 0.15) is 11.4 Å². The van der Waals surface area contributed by atoms with Gasteiger partial charge in [0.2, 0.25) is 0 Å². The number of nitrogens with one attached hydrogen (secondary N) is 1. The molecule has 0 unspecified atom stereocenters. The number of carbonyl (C=O) groups excluding carboxylic acids is 1. The van der Waals surface area contributed by atoms with Crippen LogP contribution in [0.1, 0.15) is 24.2 Å². The van der Waals surface area contributed by atoms with E-state index in [1.54, 1.807) is 11.1 Å². The Hall–Kier alpha value is -2.34. The fraction of sp³-hybridized carbons (Fsp3) is 0.444. The number of aromatic nitrogens is 2. The highest BCUT2D eigenvalue weighted by Crippen LogP contribution is 2.31. The van der Waals surface area contributed by atoms with E-state index in [9.17, 15) is 4.79 Å². The van der Waals surface area contributed by atoms with Gasteiger partial charge in [-0.1, -0.05) is 30.3 Å². The summed E-state index contributed by atoms with van der Waals surface area (Å²) >= 11 is 0. The van der Waals surface area contributed by atoms with Gasteiger partial charge in [0, 0.05) is 31.8 Å². The number of hydrogen-bond donors (Lipinski definition) is 1. The number of imidazole rings is 1. The van der Waals surface area contributed by atoms with Gasteiger partial charge in [0.15, 0.2) is 0 Å². The van der Waals surface area contributed by atoms with Crippen LogP contribution in [-0.4, -0.2) is 45.8 Å². The van der Waals surface area contributed by atoms with E-state index in [0.29, 0.717) is 13.1 Å². The van der Waals surface area contributed by atoms with Crippen molar-refractivity contribution in [1.29, 1.82) is 0 Å². The van der Waals surface area contributed by atoms with Crippen LogP contribution in [0, 0.1) is 0 Å². The molecule has 0 radical (unpaired) electrons. The van der Waals surface area contributed by atoms with Crippen molar-refractivity contribution in [3.05, 3.63) is 54.1 Å². The zero-order valence-corrected chi connectivity index (χ0v) is 13.6. The van der Waals surface area contributed by atoms with Gasteiger partial charge in [-0.2, -0.15) is 0 Å². The summed E-state index contributed by atoms with van der Waals surface area (Å²) in [4.78, 5) is 18.5. The molecule has 6 nitrogen and oxygen atoms in total. The van der Waals surface area contributed by atoms with Crippen molar-refractivity contribution in [2.24, 2.45) is 0 Å². The summed E-state index contributed by atoms with van der Waals surface area (Å²) in [6, 6.07) is 10.3. The van der Waals surface area contributed by atoms with Crippen LogP contribution < -0.4 is 5.32 Å². The molecular formula is C18H22N4O2. The molecule has 1 aromatic carbocycles. The highest BCUT2D eigenvalue weighted by atomic mass is 16.6. The topological polar surface area (TPSA) is 59.4 Å². The first kappa shape index (κ1) is 15.2. The van der Waals surface area contributed by atoms with E-state index >= 15 is 0 Å². The van der Waals surface area contributed by atoms with Crippen LogP contribution in [0.25, 0.3) is 0 Å². The number of benzene rings is 1. The maximum absolute atomic E-state index is 12.3. The van der Waals surface area contributed by atoms with Gasteiger partial charge in [0.05, 0.1) is 13.1 Å². The Balaban J connectivity index is 1.46. The third-order valence-electron chi connectivity index (χ3n) is 4.89. The Labute approximate surface area is 141 Å². The molecule has 1 N–H and O–H groups in total. The van der Waals surface area contributed by atoms with Crippen LogP contribution in [0.2, 0.25) is 0 Å². The van der Waals surface area contributed by atoms with Crippen molar-refractivity contribution in [3.8, 4) is 0 Å². The molecule has 2 fully saturated rings. The normalized spacial score (nSPS) is 19.7. The van der Waals surface area contributed by atoms with Crippen LogP contribution >= 0.6 is 0 Å². The average molecular weight is 326 g/mol. The SMILES string of the molecule is O=C1OC2(CCNCC2)CN1Cc1nccn1Cc1ccccc1. The third-order valence-corrected chi connectivity index (χ3v) is 4.89. The van der Waals surface area contributed by atoms with Crippen molar-refractivity contribution in [2.75, 3.05) is 19.6 Å². The lowest BCUT2D eigenvalue weighted by atomic mass is 9.92. The Bertz CT molecular complexity index is 707. The quantitative estimate of drug-likeness (QED) is 0.934. The predicted octanol–water partition coefficient (Wildman–Crippen LogP) is 2.01. The van der Waals surface area contributed by atoms with Crippen LogP contribution in [0.4, 0.5) is 4.79 Å². The number of ether oxygens (including phenoxy) is 1. The second-order valence-corrected chi connectivity index (χ2v) is 6.61. The monoisotopic (exact) mass is 326 g/mol. The first-order valence-corrected chi connectivity index (χ1v) is 8.47. The van der Waals surface area contributed by atoms with Crippen molar-refractivity contribution < 1.29 is 9.53 Å². The molecule has 0 saturated carbocycles. The van der Waals surface area contributed by atoms with E-state index in [1.165, 1.54) is 5.56 Å². The lowest BCUT2D eigenvalue weighted by molar-refractivity contribution is 0.0316. The van der Waals surface area contributed by atoms with Crippen molar-refractivity contribution in [2.45, 2.75) is 31.5 Å². The minimum Gasteiger partial charge on any atom is -0.441 e. The van der Waals surface area contributed by atoms with Crippen LogP contribution in [-0.2, 0) is 17.8 Å². The minimum atomic E-state index is -0.306. The summed E-state index contributed by atoms with van der Waals surface area (Å²) in [5.74, 6) is 0.891. The molecule has 0 atom stereocenters. The Morgan fingerprint density at radius 2 is 1.96 bits per heavy atom. The van der Waals surface area contributed by atoms with Gasteiger partial charge in [-0.15, -0.1) is 0 Å². The molecule has 2 saturated heterocycles. The molecular weight excluding hydrogens is 304 g/mol. The van der Waals surface area contributed by atoms with E-state index in [1.807, 2.05) is 24.4 Å². The molecule has 0 aliphatic carbocycles. The molecule has 2 aromatic rings. The van der Waals surface area contributed by atoms with Crippen molar-refractivity contribution >= 4 is 6.09 Å². The average Bonchev–Trinajstić information content (AvgIpc) is 3.14. The zero-order chi connectivity index (χ0) is 16.4. The summed E-state index contributed by atoms with van der Waals surface area (Å²) in [5.41, 5.74) is 0.912. The number of amides is 1. The van der Waals surface area contributed by atoms with E-state index in [4.69, 9.17) is 4.74 Å². The molecule has 2 aliphatic rings. The van der Waals surface area contributed by atoms with Gasteiger partial charge >= 0.3 is 6.09 Å². The minimum absolute atomic E-state index is 0.217. The van der Waals surface area contributed by atoms with E-state index in [2.05, 4.69) is 27.0 Å². The molecule has 2 aliphatic heterocycles. The van der Waals surface area contributed by atoms with Crippen molar-refractivity contribution in [1.82, 2.24) is 19.8 Å². The second kappa shape index (κ2) is 6.28. The standard InChI is InChI=1S/C18H22N4O2/c23-17-22(14-18(24-17)6-8-19-9-7-18)13-16-20-10-11-21(16)12-15-4-2-1-3-5-15/h1-5,10-11,19H,6-9,12-14H2. The first-order valence-electron chi connectivity index (χ1n) is 8.47. The summed E-state index contributed by atoms with van der Waals surface area (Å²) in [7, 11) is 0. The summed E-state index contributed by atoms with van der Waals surface area (Å²) in [6.45, 7) is 3.72. The molecule has 0 bridgehead atoms. The van der Waals surface area contributed by atoms with E-state index in [-0.39, 0.29) is 11.7 Å². The maximum Gasteiger partial charge on any atom is 0.410 e. The predicted molar refractivity (Wildman–Crippen MR) is 89.5 cm³/mol. The van der Waals surface area contributed by atoms with Crippen molar-refractivity contribution in [3.63, 3.8) is 0 Å². The highest BCUT2D eigenvalue weighted by molar-refractivity contribution is 5.70. The van der Waals surface area contributed by atoms with Crippen LogP contribution in [0.3, 0.4) is 0 Å². The molecule has 6 heteroatoms. The fourth-order valence-electron chi connectivity index (χ4n) is 3.54. The Morgan fingerprint density at radius 3 is 2.75 bits per heavy atom. The smallest absolute Gasteiger partial charge is 0.410 e. The maximum atomic E-state index is 12.3. The lowest BCUT2D eigenvalue weighted by Crippen LogP contribution is -2.44.